The van der Waals surface area contributed by atoms with Gasteiger partial charge in [0.05, 0.1) is 19.3 Å². The van der Waals surface area contributed by atoms with Crippen LogP contribution >= 0.6 is 0 Å². The van der Waals surface area contributed by atoms with Crippen molar-refractivity contribution in [3.05, 3.63) is 59.2 Å². The fourth-order valence-corrected chi connectivity index (χ4v) is 2.36. The van der Waals surface area contributed by atoms with Crippen LogP contribution in [-0.2, 0) is 4.79 Å². The molecule has 0 aliphatic rings. The van der Waals surface area contributed by atoms with Crippen molar-refractivity contribution in [3.8, 4) is 5.75 Å². The van der Waals surface area contributed by atoms with Gasteiger partial charge in [0.15, 0.2) is 0 Å². The van der Waals surface area contributed by atoms with E-state index in [1.807, 2.05) is 32.0 Å². The quantitative estimate of drug-likeness (QED) is 0.892. The minimum absolute atomic E-state index is 0.107. The van der Waals surface area contributed by atoms with Crippen LogP contribution in [0, 0.1) is 13.8 Å². The molecule has 0 bridgehead atoms. The van der Waals surface area contributed by atoms with Gasteiger partial charge in [0.1, 0.15) is 5.75 Å². The van der Waals surface area contributed by atoms with Crippen molar-refractivity contribution in [1.82, 2.24) is 5.32 Å². The van der Waals surface area contributed by atoms with Crippen LogP contribution in [0.1, 0.15) is 21.5 Å². The predicted molar refractivity (Wildman–Crippen MR) is 89.9 cm³/mol. The van der Waals surface area contributed by atoms with Crippen molar-refractivity contribution in [3.63, 3.8) is 0 Å². The summed E-state index contributed by atoms with van der Waals surface area (Å²) in [6, 6.07) is 12.6. The van der Waals surface area contributed by atoms with Crippen LogP contribution in [0.25, 0.3) is 0 Å². The molecule has 5 heteroatoms. The molecule has 0 unspecified atom stereocenters. The molecule has 5 nitrogen and oxygen atoms in total. The Hall–Kier alpha value is -2.82. The summed E-state index contributed by atoms with van der Waals surface area (Å²) in [4.78, 5) is 24.0. The predicted octanol–water partition coefficient (Wildman–Crippen LogP) is 2.68. The molecule has 23 heavy (non-hydrogen) atoms. The minimum Gasteiger partial charge on any atom is -0.494 e. The lowest BCUT2D eigenvalue weighted by Gasteiger charge is -2.14. The van der Waals surface area contributed by atoms with Gasteiger partial charge in [0.25, 0.3) is 5.91 Å². The number of hydrogen-bond acceptors (Lipinski definition) is 3. The normalized spacial score (nSPS) is 10.0. The lowest BCUT2D eigenvalue weighted by atomic mass is 10.1. The van der Waals surface area contributed by atoms with Crippen LogP contribution in [0.5, 0.6) is 5.75 Å². The van der Waals surface area contributed by atoms with E-state index in [0.29, 0.717) is 17.0 Å². The Kier molecular flexibility index (Phi) is 5.36. The molecule has 2 aromatic carbocycles. The molecule has 0 saturated carbocycles. The van der Waals surface area contributed by atoms with Crippen LogP contribution in [0.4, 0.5) is 5.69 Å². The van der Waals surface area contributed by atoms with Crippen molar-refractivity contribution in [2.75, 3.05) is 19.0 Å². The fourth-order valence-electron chi connectivity index (χ4n) is 2.36. The molecule has 0 saturated heterocycles. The molecule has 0 aliphatic carbocycles. The first-order chi connectivity index (χ1) is 11.0. The number of benzene rings is 2. The topological polar surface area (TPSA) is 67.4 Å². The second kappa shape index (κ2) is 7.45. The van der Waals surface area contributed by atoms with E-state index < -0.39 is 0 Å². The molecule has 2 rings (SSSR count). The van der Waals surface area contributed by atoms with Crippen molar-refractivity contribution < 1.29 is 14.3 Å². The average molecular weight is 312 g/mol. The number of hydrogen-bond donors (Lipinski definition) is 2. The first-order valence-electron chi connectivity index (χ1n) is 7.29. The molecule has 0 atom stereocenters. The Bertz CT molecular complexity index is 712. The zero-order valence-corrected chi connectivity index (χ0v) is 13.5. The largest absolute Gasteiger partial charge is 0.494 e. The highest BCUT2D eigenvalue weighted by molar-refractivity contribution is 5.99. The maximum absolute atomic E-state index is 12.1. The number of carbonyl (C=O) groups excluding carboxylic acids is 2. The van der Waals surface area contributed by atoms with E-state index in [1.54, 1.807) is 31.4 Å². The number of anilines is 1. The highest BCUT2D eigenvalue weighted by Gasteiger charge is 2.12. The molecule has 0 aromatic heterocycles. The molecule has 2 amide bonds. The number of ether oxygens (including phenoxy) is 1. The Morgan fingerprint density at radius 3 is 2.43 bits per heavy atom. The third-order valence-electron chi connectivity index (χ3n) is 3.34. The summed E-state index contributed by atoms with van der Waals surface area (Å²) in [7, 11) is 1.56. The van der Waals surface area contributed by atoms with Gasteiger partial charge in [-0.1, -0.05) is 24.3 Å². The minimum atomic E-state index is -0.308. The van der Waals surface area contributed by atoms with Crippen LogP contribution in [-0.4, -0.2) is 25.5 Å². The summed E-state index contributed by atoms with van der Waals surface area (Å²) in [6.45, 7) is 3.75. The van der Waals surface area contributed by atoms with Crippen LogP contribution in [0.15, 0.2) is 42.5 Å². The molecule has 2 aromatic rings. The molecule has 2 N–H and O–H groups in total. The second-order valence-electron chi connectivity index (χ2n) is 5.26. The Balaban J connectivity index is 1.99. The maximum Gasteiger partial charge on any atom is 0.251 e. The monoisotopic (exact) mass is 312 g/mol. The molecular weight excluding hydrogens is 292 g/mol. The zero-order chi connectivity index (χ0) is 16.8. The van der Waals surface area contributed by atoms with E-state index in [0.717, 1.165) is 11.1 Å². The van der Waals surface area contributed by atoms with E-state index in [-0.39, 0.29) is 18.4 Å². The summed E-state index contributed by atoms with van der Waals surface area (Å²) < 4.78 is 5.32. The summed E-state index contributed by atoms with van der Waals surface area (Å²) >= 11 is 0. The van der Waals surface area contributed by atoms with Gasteiger partial charge in [-0.2, -0.15) is 0 Å². The number of nitrogens with one attached hydrogen (secondary N) is 2. The number of methoxy groups -OCH3 is 1. The highest BCUT2D eigenvalue weighted by Crippen LogP contribution is 2.29. The van der Waals surface area contributed by atoms with E-state index in [2.05, 4.69) is 10.6 Å². The number of amides is 2. The lowest BCUT2D eigenvalue weighted by molar-refractivity contribution is -0.115. The summed E-state index contributed by atoms with van der Waals surface area (Å²) in [5, 5.41) is 5.37. The van der Waals surface area contributed by atoms with E-state index in [4.69, 9.17) is 4.74 Å². The summed E-state index contributed by atoms with van der Waals surface area (Å²) in [5.74, 6) is 0.0315. The van der Waals surface area contributed by atoms with Crippen molar-refractivity contribution in [2.45, 2.75) is 13.8 Å². The molecule has 0 aliphatic heterocycles. The molecule has 0 fully saturated rings. The van der Waals surface area contributed by atoms with Crippen LogP contribution in [0.3, 0.4) is 0 Å². The van der Waals surface area contributed by atoms with Gasteiger partial charge in [-0.05, 0) is 43.2 Å². The smallest absolute Gasteiger partial charge is 0.251 e. The third kappa shape index (κ3) is 4.32. The molecule has 0 heterocycles. The fraction of sp³-hybridized carbons (Fsp3) is 0.222. The Morgan fingerprint density at radius 2 is 1.78 bits per heavy atom. The summed E-state index contributed by atoms with van der Waals surface area (Å²) in [5.41, 5.74) is 3.08. The molecule has 0 radical (unpaired) electrons. The highest BCUT2D eigenvalue weighted by atomic mass is 16.5. The van der Waals surface area contributed by atoms with Crippen molar-refractivity contribution >= 4 is 17.5 Å². The van der Waals surface area contributed by atoms with Crippen LogP contribution in [0.2, 0.25) is 0 Å². The van der Waals surface area contributed by atoms with Crippen molar-refractivity contribution in [2.24, 2.45) is 0 Å². The number of aryl methyl sites for hydroxylation is 2. The SMILES string of the molecule is COc1c(C)cc(C)cc1NC(=O)CNC(=O)c1ccccc1. The first-order valence-corrected chi connectivity index (χ1v) is 7.29. The lowest BCUT2D eigenvalue weighted by Crippen LogP contribution is -2.32. The van der Waals surface area contributed by atoms with Gasteiger partial charge >= 0.3 is 0 Å². The zero-order valence-electron chi connectivity index (χ0n) is 13.5. The first kappa shape index (κ1) is 16.5. The van der Waals surface area contributed by atoms with E-state index >= 15 is 0 Å². The van der Waals surface area contributed by atoms with Gasteiger partial charge in [0.2, 0.25) is 5.91 Å². The van der Waals surface area contributed by atoms with Gasteiger partial charge < -0.3 is 15.4 Å². The molecular formula is C18H20N2O3. The van der Waals surface area contributed by atoms with Gasteiger partial charge in [0, 0.05) is 5.56 Å². The Labute approximate surface area is 135 Å². The second-order valence-corrected chi connectivity index (χ2v) is 5.26. The van der Waals surface area contributed by atoms with Gasteiger partial charge in [-0.25, -0.2) is 0 Å². The van der Waals surface area contributed by atoms with Crippen molar-refractivity contribution in [1.29, 1.82) is 0 Å². The molecule has 120 valence electrons. The standard InChI is InChI=1S/C18H20N2O3/c1-12-9-13(2)17(23-3)15(10-12)20-16(21)11-19-18(22)14-7-5-4-6-8-14/h4-10H,11H2,1-3H3,(H,19,22)(H,20,21). The maximum atomic E-state index is 12.1. The Morgan fingerprint density at radius 1 is 1.09 bits per heavy atom. The number of carbonyl (C=O) groups is 2. The average Bonchev–Trinajstić information content (AvgIpc) is 2.53. The number of rotatable bonds is 5. The molecule has 0 spiro atoms. The van der Waals surface area contributed by atoms with E-state index in [1.165, 1.54) is 0 Å². The van der Waals surface area contributed by atoms with Crippen LogP contribution < -0.4 is 15.4 Å². The third-order valence-corrected chi connectivity index (χ3v) is 3.34. The van der Waals surface area contributed by atoms with Gasteiger partial charge in [-0.15, -0.1) is 0 Å². The van der Waals surface area contributed by atoms with E-state index in [9.17, 15) is 9.59 Å². The summed E-state index contributed by atoms with van der Waals surface area (Å²) in [6.07, 6.45) is 0. The van der Waals surface area contributed by atoms with Gasteiger partial charge in [-0.3, -0.25) is 9.59 Å².